The van der Waals surface area contributed by atoms with Crippen LogP contribution in [0.25, 0.3) is 0 Å². The summed E-state index contributed by atoms with van der Waals surface area (Å²) in [6.45, 7) is 15.4. The number of hydrogen-bond acceptors (Lipinski definition) is 3. The molecule has 0 radical (unpaired) electrons. The third kappa shape index (κ3) is 7.11. The summed E-state index contributed by atoms with van der Waals surface area (Å²) >= 11 is 0. The highest BCUT2D eigenvalue weighted by molar-refractivity contribution is 5.98. The third-order valence-electron chi connectivity index (χ3n) is 6.97. The monoisotopic (exact) mass is 414 g/mol. The Kier molecular flexibility index (Phi) is 10.9. The van der Waals surface area contributed by atoms with Crippen LogP contribution in [-0.2, 0) is 4.79 Å². The molecule has 2 rings (SSSR count). The number of hydrogen-bond donors (Lipinski definition) is 0. The highest BCUT2D eigenvalue weighted by Crippen LogP contribution is 2.33. The Balaban J connectivity index is 2.01. The molecule has 0 aliphatic carbocycles. The van der Waals surface area contributed by atoms with Gasteiger partial charge in [-0.25, -0.2) is 0 Å². The van der Waals surface area contributed by atoms with Gasteiger partial charge < -0.3 is 9.80 Å². The first kappa shape index (κ1) is 24.9. The van der Waals surface area contributed by atoms with E-state index in [-0.39, 0.29) is 5.78 Å². The highest BCUT2D eigenvalue weighted by Gasteiger charge is 2.24. The Hall–Kier alpha value is -1.35. The maximum absolute atomic E-state index is 12.3. The standard InChI is InChI=1S/C27H46N2O/c1-6-10-13-23-14-18-28(19-15-23)16-11-17-29-21-26(22(5)30)25(12-7-2)20-27(29)24(8-3)9-4/h12,21,23H,6-11,13-20H2,1-5H3/b25-12+. The van der Waals surface area contributed by atoms with Crippen molar-refractivity contribution in [3.8, 4) is 0 Å². The lowest BCUT2D eigenvalue weighted by atomic mass is 9.90. The smallest absolute Gasteiger partial charge is 0.161 e. The first-order valence-electron chi connectivity index (χ1n) is 12.7. The summed E-state index contributed by atoms with van der Waals surface area (Å²) in [5.41, 5.74) is 5.13. The van der Waals surface area contributed by atoms with Crippen LogP contribution < -0.4 is 0 Å². The SMILES string of the molecule is CC/C=C1\CC(=C(CC)CC)N(CCCN2CCC(CCCC)CC2)C=C1C(C)=O. The van der Waals surface area contributed by atoms with Crippen LogP contribution in [0.3, 0.4) is 0 Å². The average molecular weight is 415 g/mol. The molecular weight excluding hydrogens is 368 g/mol. The Morgan fingerprint density at radius 3 is 2.33 bits per heavy atom. The number of Topliss-reactive ketones (excluding diaryl/α,β-unsaturated/α-hetero) is 1. The molecule has 0 aromatic heterocycles. The van der Waals surface area contributed by atoms with Crippen molar-refractivity contribution in [3.05, 3.63) is 34.7 Å². The highest BCUT2D eigenvalue weighted by atomic mass is 16.1. The van der Waals surface area contributed by atoms with Crippen molar-refractivity contribution in [3.63, 3.8) is 0 Å². The Morgan fingerprint density at radius 1 is 1.07 bits per heavy atom. The Morgan fingerprint density at radius 2 is 1.77 bits per heavy atom. The molecule has 0 atom stereocenters. The second kappa shape index (κ2) is 13.1. The Bertz CT molecular complexity index is 629. The number of ketones is 1. The molecule has 0 saturated carbocycles. The second-order valence-electron chi connectivity index (χ2n) is 9.14. The molecule has 0 amide bonds. The van der Waals surface area contributed by atoms with E-state index in [1.807, 2.05) is 0 Å². The van der Waals surface area contributed by atoms with Crippen molar-refractivity contribution in [2.24, 2.45) is 5.92 Å². The fourth-order valence-electron chi connectivity index (χ4n) is 5.08. The minimum Gasteiger partial charge on any atom is -0.350 e. The molecule has 0 unspecified atom stereocenters. The van der Waals surface area contributed by atoms with Gasteiger partial charge in [-0.05, 0) is 76.6 Å². The van der Waals surface area contributed by atoms with Gasteiger partial charge in [-0.15, -0.1) is 0 Å². The summed E-state index contributed by atoms with van der Waals surface area (Å²) in [6.07, 6.45) is 16.6. The summed E-state index contributed by atoms with van der Waals surface area (Å²) in [4.78, 5) is 17.4. The van der Waals surface area contributed by atoms with Gasteiger partial charge in [0.25, 0.3) is 0 Å². The second-order valence-corrected chi connectivity index (χ2v) is 9.14. The average Bonchev–Trinajstić information content (AvgIpc) is 2.75. The minimum absolute atomic E-state index is 0.197. The lowest BCUT2D eigenvalue weighted by Gasteiger charge is -2.35. The zero-order valence-corrected chi connectivity index (χ0v) is 20.4. The fraction of sp³-hybridized carbons (Fsp3) is 0.741. The van der Waals surface area contributed by atoms with Crippen molar-refractivity contribution < 1.29 is 4.79 Å². The molecule has 2 aliphatic heterocycles. The number of likely N-dealkylation sites (tertiary alicyclic amines) is 1. The van der Waals surface area contributed by atoms with E-state index in [1.165, 1.54) is 75.0 Å². The third-order valence-corrected chi connectivity index (χ3v) is 6.97. The quantitative estimate of drug-likeness (QED) is 0.368. The maximum Gasteiger partial charge on any atom is 0.161 e. The first-order chi connectivity index (χ1) is 14.5. The van der Waals surface area contributed by atoms with Crippen LogP contribution in [0.2, 0.25) is 0 Å². The van der Waals surface area contributed by atoms with E-state index in [2.05, 4.69) is 49.8 Å². The van der Waals surface area contributed by atoms with E-state index < -0.39 is 0 Å². The van der Waals surface area contributed by atoms with Crippen molar-refractivity contribution >= 4 is 5.78 Å². The number of piperidine rings is 1. The van der Waals surface area contributed by atoms with Gasteiger partial charge in [0.15, 0.2) is 5.78 Å². The van der Waals surface area contributed by atoms with Gasteiger partial charge in [-0.1, -0.05) is 58.6 Å². The van der Waals surface area contributed by atoms with Crippen molar-refractivity contribution in [2.45, 2.75) is 98.8 Å². The molecule has 0 aromatic carbocycles. The fourth-order valence-corrected chi connectivity index (χ4v) is 5.08. The van der Waals surface area contributed by atoms with Gasteiger partial charge in [-0.3, -0.25) is 4.79 Å². The van der Waals surface area contributed by atoms with Crippen LogP contribution in [0.5, 0.6) is 0 Å². The number of nitrogens with zero attached hydrogens (tertiary/aromatic N) is 2. The maximum atomic E-state index is 12.3. The minimum atomic E-state index is 0.197. The van der Waals surface area contributed by atoms with E-state index >= 15 is 0 Å². The Labute approximate surface area is 186 Å². The molecule has 2 heterocycles. The van der Waals surface area contributed by atoms with Crippen molar-refractivity contribution in [1.29, 1.82) is 0 Å². The van der Waals surface area contributed by atoms with Gasteiger partial charge in [0, 0.05) is 30.4 Å². The number of carbonyl (C=O) groups excluding carboxylic acids is 1. The van der Waals surface area contributed by atoms with Gasteiger partial charge in [0.1, 0.15) is 0 Å². The van der Waals surface area contributed by atoms with Crippen LogP contribution in [0, 0.1) is 5.92 Å². The largest absolute Gasteiger partial charge is 0.350 e. The lowest BCUT2D eigenvalue weighted by molar-refractivity contribution is -0.113. The van der Waals surface area contributed by atoms with Crippen LogP contribution in [0.1, 0.15) is 98.8 Å². The molecule has 30 heavy (non-hydrogen) atoms. The van der Waals surface area contributed by atoms with Gasteiger partial charge in [0.05, 0.1) is 0 Å². The topological polar surface area (TPSA) is 23.6 Å². The van der Waals surface area contributed by atoms with E-state index in [0.29, 0.717) is 0 Å². The molecule has 2 aliphatic rings. The van der Waals surface area contributed by atoms with E-state index in [4.69, 9.17) is 0 Å². The van der Waals surface area contributed by atoms with E-state index in [9.17, 15) is 4.79 Å². The lowest BCUT2D eigenvalue weighted by Crippen LogP contribution is -2.36. The summed E-state index contributed by atoms with van der Waals surface area (Å²) in [7, 11) is 0. The van der Waals surface area contributed by atoms with Crippen molar-refractivity contribution in [2.75, 3.05) is 26.2 Å². The van der Waals surface area contributed by atoms with Gasteiger partial charge >= 0.3 is 0 Å². The first-order valence-corrected chi connectivity index (χ1v) is 12.7. The van der Waals surface area contributed by atoms with E-state index in [1.54, 1.807) is 6.92 Å². The number of rotatable bonds is 11. The summed E-state index contributed by atoms with van der Waals surface area (Å²) in [5, 5.41) is 0. The normalized spacial score (nSPS) is 20.0. The summed E-state index contributed by atoms with van der Waals surface area (Å²) in [6, 6.07) is 0. The molecule has 0 N–H and O–H groups in total. The summed E-state index contributed by atoms with van der Waals surface area (Å²) in [5.74, 6) is 1.15. The molecule has 3 nitrogen and oxygen atoms in total. The number of carbonyl (C=O) groups is 1. The molecule has 0 aromatic rings. The van der Waals surface area contributed by atoms with Crippen molar-refractivity contribution in [1.82, 2.24) is 9.80 Å². The van der Waals surface area contributed by atoms with Gasteiger partial charge in [-0.2, -0.15) is 0 Å². The number of unbranched alkanes of at least 4 members (excludes halogenated alkanes) is 1. The molecule has 1 fully saturated rings. The molecular formula is C27H46N2O. The van der Waals surface area contributed by atoms with Crippen LogP contribution in [-0.4, -0.2) is 41.8 Å². The van der Waals surface area contributed by atoms with Crippen LogP contribution >= 0.6 is 0 Å². The molecule has 3 heteroatoms. The zero-order chi connectivity index (χ0) is 21.9. The van der Waals surface area contributed by atoms with E-state index in [0.717, 1.165) is 43.7 Å². The molecule has 1 saturated heterocycles. The van der Waals surface area contributed by atoms with Crippen LogP contribution in [0.15, 0.2) is 34.7 Å². The molecule has 170 valence electrons. The van der Waals surface area contributed by atoms with Crippen LogP contribution in [0.4, 0.5) is 0 Å². The predicted molar refractivity (Wildman–Crippen MR) is 129 cm³/mol. The predicted octanol–water partition coefficient (Wildman–Crippen LogP) is 6.87. The molecule has 0 bridgehead atoms. The number of allylic oxidation sites excluding steroid dienone is 4. The summed E-state index contributed by atoms with van der Waals surface area (Å²) < 4.78 is 0. The zero-order valence-electron chi connectivity index (χ0n) is 20.4. The van der Waals surface area contributed by atoms with Gasteiger partial charge in [0.2, 0.25) is 0 Å². The molecule has 0 spiro atoms.